The quantitative estimate of drug-likeness (QED) is 0.558. The van der Waals surface area contributed by atoms with Crippen molar-refractivity contribution in [3.8, 4) is 11.8 Å². The van der Waals surface area contributed by atoms with E-state index in [2.05, 4.69) is 26.8 Å². The van der Waals surface area contributed by atoms with E-state index >= 15 is 0 Å². The molecule has 0 amide bonds. The zero-order valence-corrected chi connectivity index (χ0v) is 15.8. The first-order valence-corrected chi connectivity index (χ1v) is 8.69. The number of anilines is 2. The van der Waals surface area contributed by atoms with Crippen molar-refractivity contribution in [2.45, 2.75) is 65.0 Å². The molecule has 156 valence electrons. The van der Waals surface area contributed by atoms with E-state index in [1.54, 1.807) is 0 Å². The molecule has 0 radical (unpaired) electrons. The predicted molar refractivity (Wildman–Crippen MR) is 91.5 cm³/mol. The van der Waals surface area contributed by atoms with Crippen LogP contribution in [0.4, 0.5) is 38.2 Å². The van der Waals surface area contributed by atoms with Crippen molar-refractivity contribution in [1.29, 1.82) is 0 Å². The Morgan fingerprint density at radius 3 is 1.57 bits per heavy atom. The standard InChI is InChI=1S/C17H21F6N5/c1-9(2)15(7-8-15)6-5-12-26-13(24-10(3)16(18,19)20)28-14(27-12)25-11(4)17(21,22)23/h9-11H,7-8H2,1-4H3,(H2,24,25,26,27,28)/t10-,11-/m1/s1. The van der Waals surface area contributed by atoms with Crippen LogP contribution in [0.3, 0.4) is 0 Å². The molecule has 0 spiro atoms. The van der Waals surface area contributed by atoms with Gasteiger partial charge in [-0.25, -0.2) is 0 Å². The summed E-state index contributed by atoms with van der Waals surface area (Å²) < 4.78 is 76.7. The zero-order chi connectivity index (χ0) is 21.3. The molecule has 1 aliphatic rings. The first-order chi connectivity index (χ1) is 12.7. The van der Waals surface area contributed by atoms with Gasteiger partial charge < -0.3 is 10.6 Å². The maximum Gasteiger partial charge on any atom is 0.408 e. The van der Waals surface area contributed by atoms with Crippen molar-refractivity contribution in [2.75, 3.05) is 10.6 Å². The summed E-state index contributed by atoms with van der Waals surface area (Å²) in [6.07, 6.45) is -7.42. The van der Waals surface area contributed by atoms with Gasteiger partial charge in [-0.05, 0) is 38.5 Å². The van der Waals surface area contributed by atoms with Crippen LogP contribution >= 0.6 is 0 Å². The topological polar surface area (TPSA) is 62.7 Å². The average Bonchev–Trinajstić information content (AvgIpc) is 3.32. The van der Waals surface area contributed by atoms with Gasteiger partial charge in [0.25, 0.3) is 0 Å². The summed E-state index contributed by atoms with van der Waals surface area (Å²) in [4.78, 5) is 11.3. The SMILES string of the molecule is CC(C)C1(C#Cc2nc(N[C@H](C)C(F)(F)F)nc(N[C@H](C)C(F)(F)F)n2)CC1. The lowest BCUT2D eigenvalue weighted by Gasteiger charge is -2.19. The number of nitrogens with one attached hydrogen (secondary N) is 2. The van der Waals surface area contributed by atoms with E-state index in [0.717, 1.165) is 26.7 Å². The van der Waals surface area contributed by atoms with E-state index < -0.39 is 36.3 Å². The second-order valence-corrected chi connectivity index (χ2v) is 7.18. The van der Waals surface area contributed by atoms with Gasteiger partial charge in [0.05, 0.1) is 0 Å². The van der Waals surface area contributed by atoms with Crippen molar-refractivity contribution in [3.05, 3.63) is 5.82 Å². The normalized spacial score (nSPS) is 18.1. The molecule has 1 aromatic rings. The van der Waals surface area contributed by atoms with Crippen molar-refractivity contribution < 1.29 is 26.3 Å². The predicted octanol–water partition coefficient (Wildman–Crippen LogP) is 4.38. The second kappa shape index (κ2) is 7.64. The van der Waals surface area contributed by atoms with Gasteiger partial charge in [0.2, 0.25) is 17.7 Å². The molecule has 2 atom stereocenters. The molecule has 0 unspecified atom stereocenters. The third kappa shape index (κ3) is 5.62. The average molecular weight is 409 g/mol. The molecular formula is C17H21F6N5. The van der Waals surface area contributed by atoms with Crippen molar-refractivity contribution in [3.63, 3.8) is 0 Å². The highest BCUT2D eigenvalue weighted by molar-refractivity contribution is 5.41. The fourth-order valence-electron chi connectivity index (χ4n) is 2.27. The fraction of sp³-hybridized carbons (Fsp3) is 0.706. The fourth-order valence-corrected chi connectivity index (χ4v) is 2.27. The van der Waals surface area contributed by atoms with Crippen LogP contribution in [0, 0.1) is 23.2 Å². The highest BCUT2D eigenvalue weighted by atomic mass is 19.4. The first kappa shape index (κ1) is 22.0. The third-order valence-electron chi connectivity index (χ3n) is 4.63. The van der Waals surface area contributed by atoms with Crippen LogP contribution in [-0.2, 0) is 0 Å². The lowest BCUT2D eigenvalue weighted by molar-refractivity contribution is -0.139. The largest absolute Gasteiger partial charge is 0.408 e. The Kier molecular flexibility index (Phi) is 6.01. The lowest BCUT2D eigenvalue weighted by atomic mass is 9.93. The molecule has 0 saturated heterocycles. The Labute approximate surface area is 158 Å². The van der Waals surface area contributed by atoms with E-state index in [1.807, 2.05) is 24.5 Å². The summed E-state index contributed by atoms with van der Waals surface area (Å²) in [7, 11) is 0. The molecule has 1 aromatic heterocycles. The Bertz CT molecular complexity index is 718. The van der Waals surface area contributed by atoms with Gasteiger partial charge in [-0.15, -0.1) is 0 Å². The molecule has 5 nitrogen and oxygen atoms in total. The highest BCUT2D eigenvalue weighted by Crippen LogP contribution is 2.51. The van der Waals surface area contributed by atoms with Gasteiger partial charge in [0, 0.05) is 5.41 Å². The molecule has 1 heterocycles. The number of halogens is 6. The molecule has 28 heavy (non-hydrogen) atoms. The van der Waals surface area contributed by atoms with Gasteiger partial charge in [-0.2, -0.15) is 41.3 Å². The van der Waals surface area contributed by atoms with E-state index in [0.29, 0.717) is 0 Å². The second-order valence-electron chi connectivity index (χ2n) is 7.18. The van der Waals surface area contributed by atoms with Crippen LogP contribution in [0.25, 0.3) is 0 Å². The number of rotatable bonds is 5. The Morgan fingerprint density at radius 1 is 0.821 bits per heavy atom. The van der Waals surface area contributed by atoms with E-state index in [4.69, 9.17) is 0 Å². The third-order valence-corrected chi connectivity index (χ3v) is 4.63. The zero-order valence-electron chi connectivity index (χ0n) is 15.8. The number of hydrogen-bond acceptors (Lipinski definition) is 5. The number of hydrogen-bond donors (Lipinski definition) is 2. The number of aromatic nitrogens is 3. The maximum atomic E-state index is 12.8. The Hall–Kier alpha value is -2.25. The summed E-state index contributed by atoms with van der Waals surface area (Å²) in [5.74, 6) is 4.73. The molecule has 1 fully saturated rings. The summed E-state index contributed by atoms with van der Waals surface area (Å²) in [5, 5.41) is 4.07. The molecule has 2 N–H and O–H groups in total. The Balaban J connectivity index is 2.34. The molecule has 11 heteroatoms. The molecule has 0 aliphatic heterocycles. The van der Waals surface area contributed by atoms with Gasteiger partial charge in [0.15, 0.2) is 0 Å². The summed E-state index contributed by atoms with van der Waals surface area (Å²) in [6, 6.07) is -4.01. The number of alkyl halides is 6. The first-order valence-electron chi connectivity index (χ1n) is 8.69. The lowest BCUT2D eigenvalue weighted by Crippen LogP contribution is -2.35. The van der Waals surface area contributed by atoms with Gasteiger partial charge in [-0.3, -0.25) is 0 Å². The molecule has 1 aliphatic carbocycles. The Morgan fingerprint density at radius 2 is 1.25 bits per heavy atom. The van der Waals surface area contributed by atoms with Crippen molar-refractivity contribution >= 4 is 11.9 Å². The minimum Gasteiger partial charge on any atom is -0.343 e. The molecule has 2 rings (SSSR count). The summed E-state index contributed by atoms with van der Waals surface area (Å²) >= 11 is 0. The maximum absolute atomic E-state index is 12.8. The smallest absolute Gasteiger partial charge is 0.343 e. The van der Waals surface area contributed by atoms with Crippen LogP contribution in [-0.4, -0.2) is 39.4 Å². The van der Waals surface area contributed by atoms with Gasteiger partial charge in [-0.1, -0.05) is 19.8 Å². The van der Waals surface area contributed by atoms with Crippen molar-refractivity contribution in [1.82, 2.24) is 15.0 Å². The van der Waals surface area contributed by atoms with E-state index in [-0.39, 0.29) is 17.2 Å². The minimum absolute atomic E-state index is 0.198. The van der Waals surface area contributed by atoms with Crippen LogP contribution in [0.2, 0.25) is 0 Å². The van der Waals surface area contributed by atoms with Crippen molar-refractivity contribution in [2.24, 2.45) is 11.3 Å². The molecule has 0 aromatic carbocycles. The van der Waals surface area contributed by atoms with Crippen LogP contribution in [0.5, 0.6) is 0 Å². The van der Waals surface area contributed by atoms with Crippen LogP contribution in [0.15, 0.2) is 0 Å². The van der Waals surface area contributed by atoms with E-state index in [1.165, 1.54) is 0 Å². The monoisotopic (exact) mass is 409 g/mol. The molecule has 0 bridgehead atoms. The summed E-state index contributed by atoms with van der Waals surface area (Å²) in [5.41, 5.74) is -0.216. The molecule has 1 saturated carbocycles. The van der Waals surface area contributed by atoms with Crippen LogP contribution in [0.1, 0.15) is 46.4 Å². The summed E-state index contributed by atoms with van der Waals surface area (Å²) in [6.45, 7) is 5.67. The van der Waals surface area contributed by atoms with E-state index in [9.17, 15) is 26.3 Å². The van der Waals surface area contributed by atoms with Gasteiger partial charge in [0.1, 0.15) is 12.1 Å². The van der Waals surface area contributed by atoms with Crippen LogP contribution < -0.4 is 10.6 Å². The highest BCUT2D eigenvalue weighted by Gasteiger charge is 2.44. The minimum atomic E-state index is -4.58. The molecular weight excluding hydrogens is 388 g/mol. The number of nitrogens with zero attached hydrogens (tertiary/aromatic N) is 3. The van der Waals surface area contributed by atoms with Gasteiger partial charge >= 0.3 is 12.4 Å².